The number of unbranched alkanes of at least 4 members (excludes halogenated alkanes) is 25. The Bertz CT molecular complexity index is 1120. The van der Waals surface area contributed by atoms with Crippen molar-refractivity contribution in [2.24, 2.45) is 0 Å². The molecule has 0 aromatic rings. The van der Waals surface area contributed by atoms with E-state index in [0.717, 1.165) is 109 Å². The Morgan fingerprint density at radius 2 is 0.639 bits per heavy atom. The molecule has 6 nitrogen and oxygen atoms in total. The lowest BCUT2D eigenvalue weighted by Crippen LogP contribution is -2.30. The van der Waals surface area contributed by atoms with Crippen LogP contribution in [-0.2, 0) is 28.6 Å². The van der Waals surface area contributed by atoms with Crippen LogP contribution in [0.3, 0.4) is 0 Å². The van der Waals surface area contributed by atoms with Crippen molar-refractivity contribution >= 4 is 17.9 Å². The maximum Gasteiger partial charge on any atom is 0.306 e. The second kappa shape index (κ2) is 49.8. The standard InChI is InChI=1S/C55H96O6/c1-4-7-10-13-16-19-22-25-27-28-29-31-33-36-39-42-45-48-54(57)60-51-52(50-59-53(56)47-44-41-38-35-32-24-21-18-15-12-9-6-3)61-55(58)49-46-43-40-37-34-30-26-23-20-17-14-11-8-5-2/h7,10,16,19,23,25-27,29,31,52H,4-6,8-9,11-15,17-18,20-22,24,28,30,32-51H2,1-3H3/b10-7-,19-16-,26-23-,27-25-,31-29-. The molecule has 1 unspecified atom stereocenters. The van der Waals surface area contributed by atoms with Crippen molar-refractivity contribution in [2.75, 3.05) is 13.2 Å². The molecule has 0 aliphatic carbocycles. The largest absolute Gasteiger partial charge is 0.462 e. The molecule has 61 heavy (non-hydrogen) atoms. The Morgan fingerprint density at radius 1 is 0.344 bits per heavy atom. The summed E-state index contributed by atoms with van der Waals surface area (Å²) in [5.74, 6) is -0.913. The molecule has 0 fully saturated rings. The van der Waals surface area contributed by atoms with E-state index in [-0.39, 0.29) is 31.1 Å². The van der Waals surface area contributed by atoms with Gasteiger partial charge in [0.25, 0.3) is 0 Å². The fourth-order valence-corrected chi connectivity index (χ4v) is 7.13. The zero-order valence-corrected chi connectivity index (χ0v) is 40.2. The molecule has 0 aliphatic heterocycles. The van der Waals surface area contributed by atoms with Crippen LogP contribution in [0.1, 0.15) is 252 Å². The van der Waals surface area contributed by atoms with Gasteiger partial charge in [0.15, 0.2) is 6.10 Å². The lowest BCUT2D eigenvalue weighted by Gasteiger charge is -2.18. The van der Waals surface area contributed by atoms with E-state index in [9.17, 15) is 14.4 Å². The molecule has 0 N–H and O–H groups in total. The third kappa shape index (κ3) is 48.0. The fraction of sp³-hybridized carbons (Fsp3) is 0.764. The summed E-state index contributed by atoms with van der Waals surface area (Å²) in [5.41, 5.74) is 0. The first-order valence-electron chi connectivity index (χ1n) is 25.8. The Labute approximate surface area is 377 Å². The van der Waals surface area contributed by atoms with E-state index >= 15 is 0 Å². The van der Waals surface area contributed by atoms with Gasteiger partial charge >= 0.3 is 17.9 Å². The quantitative estimate of drug-likeness (QED) is 0.0263. The zero-order chi connectivity index (χ0) is 44.4. The van der Waals surface area contributed by atoms with E-state index in [0.29, 0.717) is 19.3 Å². The van der Waals surface area contributed by atoms with Crippen LogP contribution in [0.15, 0.2) is 60.8 Å². The lowest BCUT2D eigenvalue weighted by molar-refractivity contribution is -0.167. The topological polar surface area (TPSA) is 78.9 Å². The monoisotopic (exact) mass is 853 g/mol. The number of rotatable bonds is 46. The van der Waals surface area contributed by atoms with Gasteiger partial charge in [0.2, 0.25) is 0 Å². The first kappa shape index (κ1) is 58.1. The van der Waals surface area contributed by atoms with E-state index < -0.39 is 6.10 Å². The summed E-state index contributed by atoms with van der Waals surface area (Å²) in [5, 5.41) is 0. The van der Waals surface area contributed by atoms with E-state index in [1.165, 1.54) is 103 Å². The molecule has 6 heteroatoms. The minimum atomic E-state index is -0.785. The van der Waals surface area contributed by atoms with E-state index in [2.05, 4.69) is 81.5 Å². The van der Waals surface area contributed by atoms with Gasteiger partial charge in [-0.25, -0.2) is 0 Å². The normalized spacial score (nSPS) is 12.5. The van der Waals surface area contributed by atoms with Crippen LogP contribution in [0.2, 0.25) is 0 Å². The van der Waals surface area contributed by atoms with Gasteiger partial charge in [0.05, 0.1) is 0 Å². The van der Waals surface area contributed by atoms with Crippen molar-refractivity contribution in [3.63, 3.8) is 0 Å². The highest BCUT2D eigenvalue weighted by atomic mass is 16.6. The van der Waals surface area contributed by atoms with Crippen LogP contribution >= 0.6 is 0 Å². The lowest BCUT2D eigenvalue weighted by atomic mass is 10.0. The Balaban J connectivity index is 4.42. The highest BCUT2D eigenvalue weighted by Crippen LogP contribution is 2.15. The Morgan fingerprint density at radius 3 is 1.02 bits per heavy atom. The second-order valence-corrected chi connectivity index (χ2v) is 17.1. The number of carbonyl (C=O) groups is 3. The van der Waals surface area contributed by atoms with Gasteiger partial charge < -0.3 is 14.2 Å². The van der Waals surface area contributed by atoms with E-state index in [4.69, 9.17) is 14.2 Å². The summed E-state index contributed by atoms with van der Waals surface area (Å²) in [6.45, 7) is 6.49. The third-order valence-corrected chi connectivity index (χ3v) is 11.0. The van der Waals surface area contributed by atoms with Gasteiger partial charge in [-0.3, -0.25) is 14.4 Å². The average molecular weight is 853 g/mol. The molecule has 0 aromatic carbocycles. The van der Waals surface area contributed by atoms with Crippen molar-refractivity contribution in [1.82, 2.24) is 0 Å². The fourth-order valence-electron chi connectivity index (χ4n) is 7.13. The van der Waals surface area contributed by atoms with Crippen molar-refractivity contribution in [3.8, 4) is 0 Å². The number of hydrogen-bond donors (Lipinski definition) is 0. The summed E-state index contributed by atoms with van der Waals surface area (Å²) in [6.07, 6.45) is 60.5. The van der Waals surface area contributed by atoms with Gasteiger partial charge in [-0.05, 0) is 83.5 Å². The molecular weight excluding hydrogens is 757 g/mol. The molecule has 0 aromatic heterocycles. The summed E-state index contributed by atoms with van der Waals surface area (Å²) in [4.78, 5) is 37.9. The van der Waals surface area contributed by atoms with Crippen molar-refractivity contribution in [2.45, 2.75) is 258 Å². The van der Waals surface area contributed by atoms with Gasteiger partial charge in [-0.1, -0.05) is 210 Å². The SMILES string of the molecule is CC/C=C\C/C=C\C/C=C\C/C=C\CCCCCCC(=O)OCC(COC(=O)CCCCCCCCCCCCCC)OC(=O)CCCCCCC/C=C\CCCCCCC. The van der Waals surface area contributed by atoms with Crippen LogP contribution in [0.5, 0.6) is 0 Å². The van der Waals surface area contributed by atoms with Crippen LogP contribution in [0.4, 0.5) is 0 Å². The molecule has 0 saturated carbocycles. The predicted octanol–water partition coefficient (Wildman–Crippen LogP) is 16.9. The highest BCUT2D eigenvalue weighted by molar-refractivity contribution is 5.71. The predicted molar refractivity (Wildman–Crippen MR) is 261 cm³/mol. The summed E-state index contributed by atoms with van der Waals surface area (Å²) in [7, 11) is 0. The van der Waals surface area contributed by atoms with Crippen LogP contribution < -0.4 is 0 Å². The number of carbonyl (C=O) groups excluding carboxylic acids is 3. The van der Waals surface area contributed by atoms with Gasteiger partial charge in [0, 0.05) is 19.3 Å². The maximum atomic E-state index is 12.8. The molecule has 352 valence electrons. The number of allylic oxidation sites excluding steroid dienone is 10. The van der Waals surface area contributed by atoms with E-state index in [1.807, 2.05) is 0 Å². The molecule has 0 aliphatic rings. The van der Waals surface area contributed by atoms with Gasteiger partial charge in [-0.15, -0.1) is 0 Å². The molecule has 1 atom stereocenters. The summed E-state index contributed by atoms with van der Waals surface area (Å²) < 4.78 is 16.8. The highest BCUT2D eigenvalue weighted by Gasteiger charge is 2.19. The minimum Gasteiger partial charge on any atom is -0.462 e. The van der Waals surface area contributed by atoms with Gasteiger partial charge in [-0.2, -0.15) is 0 Å². The number of ether oxygens (including phenoxy) is 3. The zero-order valence-electron chi connectivity index (χ0n) is 40.2. The molecule has 0 bridgehead atoms. The molecule has 0 radical (unpaired) electrons. The molecule has 0 saturated heterocycles. The molecule has 0 heterocycles. The van der Waals surface area contributed by atoms with E-state index in [1.54, 1.807) is 0 Å². The van der Waals surface area contributed by atoms with Crippen LogP contribution in [-0.4, -0.2) is 37.2 Å². The van der Waals surface area contributed by atoms with Crippen molar-refractivity contribution in [1.29, 1.82) is 0 Å². The minimum absolute atomic E-state index is 0.0837. The van der Waals surface area contributed by atoms with Crippen molar-refractivity contribution in [3.05, 3.63) is 60.8 Å². The Hall–Kier alpha value is -2.89. The second-order valence-electron chi connectivity index (χ2n) is 17.1. The third-order valence-electron chi connectivity index (χ3n) is 11.0. The van der Waals surface area contributed by atoms with Crippen molar-refractivity contribution < 1.29 is 28.6 Å². The maximum absolute atomic E-state index is 12.8. The van der Waals surface area contributed by atoms with Crippen LogP contribution in [0.25, 0.3) is 0 Å². The Kier molecular flexibility index (Phi) is 47.4. The molecular formula is C55H96O6. The van der Waals surface area contributed by atoms with Crippen LogP contribution in [0, 0.1) is 0 Å². The first-order valence-corrected chi connectivity index (χ1v) is 25.8. The molecule has 0 rings (SSSR count). The molecule has 0 amide bonds. The smallest absolute Gasteiger partial charge is 0.306 e. The number of hydrogen-bond acceptors (Lipinski definition) is 6. The first-order chi connectivity index (χ1) is 30.0. The number of esters is 3. The molecule has 0 spiro atoms. The summed E-state index contributed by atoms with van der Waals surface area (Å²) in [6, 6.07) is 0. The average Bonchev–Trinajstić information content (AvgIpc) is 3.26. The summed E-state index contributed by atoms with van der Waals surface area (Å²) >= 11 is 0. The van der Waals surface area contributed by atoms with Gasteiger partial charge in [0.1, 0.15) is 13.2 Å².